The summed E-state index contributed by atoms with van der Waals surface area (Å²) in [6, 6.07) is 12.9. The van der Waals surface area contributed by atoms with Crippen molar-refractivity contribution in [2.24, 2.45) is 0 Å². The molecule has 0 saturated carbocycles. The molecule has 0 aliphatic heterocycles. The van der Waals surface area contributed by atoms with Gasteiger partial charge < -0.3 is 0 Å². The first kappa shape index (κ1) is 26.6. The first-order valence-electron chi connectivity index (χ1n) is 10.0. The molecule has 0 atom stereocenters. The summed E-state index contributed by atoms with van der Waals surface area (Å²) in [6.45, 7) is 25.5. The van der Waals surface area contributed by atoms with E-state index in [2.05, 4.69) is 89.8 Å². The SMILES string of the molecule is CC.CC.Cc1cc(C(C)(C)C)ccn1.Cc1cccc(C(C)(C)C)c1. The number of aromatic nitrogens is 1. The number of aryl methyl sites for hydroxylation is 2. The largest absolute Gasteiger partial charge is 0.262 e. The van der Waals surface area contributed by atoms with Gasteiger partial charge in [0.25, 0.3) is 0 Å². The van der Waals surface area contributed by atoms with Crippen LogP contribution in [0.25, 0.3) is 0 Å². The third kappa shape index (κ3) is 11.1. The van der Waals surface area contributed by atoms with Gasteiger partial charge >= 0.3 is 0 Å². The van der Waals surface area contributed by atoms with Gasteiger partial charge in [0, 0.05) is 11.9 Å². The van der Waals surface area contributed by atoms with Gasteiger partial charge in [-0.15, -0.1) is 0 Å². The molecule has 0 amide bonds. The lowest BCUT2D eigenvalue weighted by atomic mass is 9.86. The molecular formula is C25H43N. The van der Waals surface area contributed by atoms with Gasteiger partial charge in [-0.3, -0.25) is 4.98 Å². The zero-order valence-electron chi connectivity index (χ0n) is 19.5. The lowest BCUT2D eigenvalue weighted by Crippen LogP contribution is -2.11. The number of nitrogens with zero attached hydrogens (tertiary/aromatic N) is 1. The van der Waals surface area contributed by atoms with Crippen LogP contribution in [0.5, 0.6) is 0 Å². The van der Waals surface area contributed by atoms with E-state index in [1.54, 1.807) is 0 Å². The molecule has 0 unspecified atom stereocenters. The number of benzene rings is 1. The zero-order valence-corrected chi connectivity index (χ0v) is 19.5. The van der Waals surface area contributed by atoms with Crippen LogP contribution in [0.1, 0.15) is 91.6 Å². The number of rotatable bonds is 0. The average Bonchev–Trinajstić information content (AvgIpc) is 2.58. The molecule has 2 aromatic rings. The van der Waals surface area contributed by atoms with E-state index in [0.29, 0.717) is 0 Å². The van der Waals surface area contributed by atoms with E-state index >= 15 is 0 Å². The summed E-state index contributed by atoms with van der Waals surface area (Å²) in [6.07, 6.45) is 1.87. The molecule has 1 nitrogen and oxygen atoms in total. The van der Waals surface area contributed by atoms with Crippen molar-refractivity contribution in [3.63, 3.8) is 0 Å². The third-order valence-electron chi connectivity index (χ3n) is 3.65. The van der Waals surface area contributed by atoms with Gasteiger partial charge in [0.05, 0.1) is 0 Å². The number of hydrogen-bond acceptors (Lipinski definition) is 1. The van der Waals surface area contributed by atoms with Gasteiger partial charge in [-0.2, -0.15) is 0 Å². The van der Waals surface area contributed by atoms with Crippen LogP contribution >= 0.6 is 0 Å². The Labute approximate surface area is 164 Å². The van der Waals surface area contributed by atoms with Crippen LogP contribution in [0.15, 0.2) is 42.6 Å². The minimum atomic E-state index is 0.244. The van der Waals surface area contributed by atoms with Gasteiger partial charge in [-0.05, 0) is 47.9 Å². The molecule has 0 N–H and O–H groups in total. The highest BCUT2D eigenvalue weighted by Crippen LogP contribution is 2.22. The van der Waals surface area contributed by atoms with E-state index in [1.807, 2.05) is 40.8 Å². The third-order valence-corrected chi connectivity index (χ3v) is 3.65. The standard InChI is InChI=1S/C11H16.C10H15N.2C2H6/c1-9-6-5-7-10(8-9)11(2,3)4;1-8-7-9(5-6-11-8)10(2,3)4;2*1-2/h5-8H,1-4H3;5-7H,1-4H3;2*1-2H3. The van der Waals surface area contributed by atoms with Gasteiger partial charge in [0.15, 0.2) is 0 Å². The smallest absolute Gasteiger partial charge is 0.0375 e. The fourth-order valence-corrected chi connectivity index (χ4v) is 2.12. The maximum atomic E-state index is 4.15. The predicted molar refractivity (Wildman–Crippen MR) is 120 cm³/mol. The molecule has 148 valence electrons. The molecule has 0 spiro atoms. The summed E-state index contributed by atoms with van der Waals surface area (Å²) < 4.78 is 0. The highest BCUT2D eigenvalue weighted by Gasteiger charge is 2.13. The molecule has 1 aromatic carbocycles. The first-order valence-corrected chi connectivity index (χ1v) is 10.0. The van der Waals surface area contributed by atoms with Crippen LogP contribution in [0, 0.1) is 13.8 Å². The van der Waals surface area contributed by atoms with E-state index in [-0.39, 0.29) is 10.8 Å². The van der Waals surface area contributed by atoms with Crippen molar-refractivity contribution in [1.29, 1.82) is 0 Å². The predicted octanol–water partition coefficient (Wildman–Crippen LogP) is 8.03. The Bertz CT molecular complexity index is 543. The lowest BCUT2D eigenvalue weighted by molar-refractivity contribution is 0.588. The van der Waals surface area contributed by atoms with Gasteiger partial charge in [-0.25, -0.2) is 0 Å². The summed E-state index contributed by atoms with van der Waals surface area (Å²) in [7, 11) is 0. The Morgan fingerprint density at radius 2 is 1.12 bits per heavy atom. The first-order chi connectivity index (χ1) is 12.0. The Balaban J connectivity index is 0. The van der Waals surface area contributed by atoms with Crippen molar-refractivity contribution < 1.29 is 0 Å². The van der Waals surface area contributed by atoms with Crippen molar-refractivity contribution in [1.82, 2.24) is 4.98 Å². The molecule has 0 bridgehead atoms. The molecule has 0 aliphatic carbocycles. The molecule has 2 rings (SSSR count). The van der Waals surface area contributed by atoms with Crippen LogP contribution in [0.4, 0.5) is 0 Å². The molecule has 0 saturated heterocycles. The number of pyridine rings is 1. The fourth-order valence-electron chi connectivity index (χ4n) is 2.12. The van der Waals surface area contributed by atoms with Crippen molar-refractivity contribution >= 4 is 0 Å². The minimum Gasteiger partial charge on any atom is -0.262 e. The Morgan fingerprint density at radius 1 is 0.654 bits per heavy atom. The van der Waals surface area contributed by atoms with Crippen molar-refractivity contribution in [3.05, 3.63) is 65.0 Å². The second-order valence-electron chi connectivity index (χ2n) is 8.06. The van der Waals surface area contributed by atoms with Gasteiger partial charge in [0.2, 0.25) is 0 Å². The van der Waals surface area contributed by atoms with E-state index in [1.165, 1.54) is 16.7 Å². The molecule has 1 heterocycles. The van der Waals surface area contributed by atoms with E-state index in [0.717, 1.165) is 5.69 Å². The van der Waals surface area contributed by atoms with E-state index in [4.69, 9.17) is 0 Å². The van der Waals surface area contributed by atoms with E-state index < -0.39 is 0 Å². The number of hydrogen-bond donors (Lipinski definition) is 0. The maximum Gasteiger partial charge on any atom is 0.0375 e. The molecule has 0 radical (unpaired) electrons. The van der Waals surface area contributed by atoms with Crippen molar-refractivity contribution in [2.75, 3.05) is 0 Å². The molecule has 26 heavy (non-hydrogen) atoms. The molecular weight excluding hydrogens is 314 g/mol. The van der Waals surface area contributed by atoms with Crippen LogP contribution < -0.4 is 0 Å². The maximum absolute atomic E-state index is 4.15. The molecule has 1 heteroatoms. The van der Waals surface area contributed by atoms with Crippen LogP contribution in [0.2, 0.25) is 0 Å². The molecule has 0 aliphatic rings. The zero-order chi connectivity index (χ0) is 21.0. The van der Waals surface area contributed by atoms with Crippen molar-refractivity contribution in [3.8, 4) is 0 Å². The summed E-state index contributed by atoms with van der Waals surface area (Å²) in [5.41, 5.74) is 5.73. The van der Waals surface area contributed by atoms with Crippen molar-refractivity contribution in [2.45, 2.75) is 93.9 Å². The highest BCUT2D eigenvalue weighted by molar-refractivity contribution is 5.27. The summed E-state index contributed by atoms with van der Waals surface area (Å²) in [5.74, 6) is 0. The summed E-state index contributed by atoms with van der Waals surface area (Å²) in [5, 5.41) is 0. The second kappa shape index (κ2) is 12.7. The topological polar surface area (TPSA) is 12.9 Å². The molecule has 0 fully saturated rings. The van der Waals surface area contributed by atoms with Gasteiger partial charge in [0.1, 0.15) is 0 Å². The molecule has 1 aromatic heterocycles. The Morgan fingerprint density at radius 3 is 1.42 bits per heavy atom. The van der Waals surface area contributed by atoms with Crippen LogP contribution in [-0.2, 0) is 10.8 Å². The minimum absolute atomic E-state index is 0.244. The average molecular weight is 358 g/mol. The Kier molecular flexibility index (Phi) is 13.0. The quantitative estimate of drug-likeness (QED) is 0.465. The monoisotopic (exact) mass is 357 g/mol. The van der Waals surface area contributed by atoms with Gasteiger partial charge in [-0.1, -0.05) is 99.1 Å². The van der Waals surface area contributed by atoms with E-state index in [9.17, 15) is 0 Å². The summed E-state index contributed by atoms with van der Waals surface area (Å²) in [4.78, 5) is 4.15. The fraction of sp³-hybridized carbons (Fsp3) is 0.560. The highest BCUT2D eigenvalue weighted by atomic mass is 14.6. The second-order valence-corrected chi connectivity index (χ2v) is 8.06. The summed E-state index contributed by atoms with van der Waals surface area (Å²) >= 11 is 0. The van der Waals surface area contributed by atoms with Crippen LogP contribution in [-0.4, -0.2) is 4.98 Å². The Hall–Kier alpha value is -1.63. The van der Waals surface area contributed by atoms with Crippen LogP contribution in [0.3, 0.4) is 0 Å². The normalized spacial score (nSPS) is 10.3. The lowest BCUT2D eigenvalue weighted by Gasteiger charge is -2.19.